The Kier molecular flexibility index (Phi) is 4.23. The van der Waals surface area contributed by atoms with Gasteiger partial charge in [0.1, 0.15) is 5.75 Å². The second-order valence-corrected chi connectivity index (χ2v) is 4.97. The Morgan fingerprint density at radius 1 is 0.944 bits per heavy atom. The highest BCUT2D eigenvalue weighted by atomic mass is 35.5. The van der Waals surface area contributed by atoms with Crippen LogP contribution in [0.15, 0.2) is 36.4 Å². The summed E-state index contributed by atoms with van der Waals surface area (Å²) in [5.41, 5.74) is 1.83. The van der Waals surface area contributed by atoms with Crippen molar-refractivity contribution in [2.24, 2.45) is 0 Å². The molecular weight excluding hydrogens is 293 g/mol. The Morgan fingerprint density at radius 2 is 1.50 bits per heavy atom. The van der Waals surface area contributed by atoms with Gasteiger partial charge in [0.15, 0.2) is 0 Å². The Balaban J connectivity index is 2.08. The van der Waals surface area contributed by atoms with Gasteiger partial charge in [0, 0.05) is 12.2 Å². The van der Waals surface area contributed by atoms with Crippen molar-refractivity contribution in [1.82, 2.24) is 0 Å². The highest BCUT2D eigenvalue weighted by molar-refractivity contribution is 6.48. The van der Waals surface area contributed by atoms with E-state index in [1.54, 1.807) is 24.3 Å². The van der Waals surface area contributed by atoms with Crippen LogP contribution in [-0.4, -0.2) is 5.11 Å². The molecule has 0 saturated heterocycles. The Hall–Kier alpha value is -1.09. The molecular formula is C13H10Cl3NO. The molecule has 0 aromatic heterocycles. The van der Waals surface area contributed by atoms with Crippen LogP contribution in [0.2, 0.25) is 15.1 Å². The monoisotopic (exact) mass is 301 g/mol. The number of halogens is 3. The fourth-order valence-corrected chi connectivity index (χ4v) is 2.07. The van der Waals surface area contributed by atoms with Crippen LogP contribution in [0.25, 0.3) is 0 Å². The maximum absolute atomic E-state index is 9.18. The van der Waals surface area contributed by atoms with Gasteiger partial charge in [-0.2, -0.15) is 0 Å². The summed E-state index contributed by atoms with van der Waals surface area (Å²) in [6, 6.07) is 10.4. The van der Waals surface area contributed by atoms with Crippen molar-refractivity contribution in [3.63, 3.8) is 0 Å². The standard InChI is InChI=1S/C13H10Cl3NO/c14-11-5-9(6-12(15)13(11)16)17-7-8-1-3-10(18)4-2-8/h1-6,17-18H,7H2. The summed E-state index contributed by atoms with van der Waals surface area (Å²) in [4.78, 5) is 0. The number of phenols is 1. The molecule has 94 valence electrons. The summed E-state index contributed by atoms with van der Waals surface area (Å²) in [6.07, 6.45) is 0. The van der Waals surface area contributed by atoms with Crippen molar-refractivity contribution < 1.29 is 5.11 Å². The number of nitrogens with one attached hydrogen (secondary N) is 1. The van der Waals surface area contributed by atoms with Crippen molar-refractivity contribution in [2.75, 3.05) is 5.32 Å². The summed E-state index contributed by atoms with van der Waals surface area (Å²) >= 11 is 17.7. The minimum Gasteiger partial charge on any atom is -0.508 e. The van der Waals surface area contributed by atoms with E-state index in [0.717, 1.165) is 11.3 Å². The molecule has 0 aliphatic carbocycles. The first-order valence-corrected chi connectivity index (χ1v) is 6.36. The molecule has 0 fully saturated rings. The van der Waals surface area contributed by atoms with E-state index in [0.29, 0.717) is 21.6 Å². The van der Waals surface area contributed by atoms with Crippen LogP contribution in [0.4, 0.5) is 5.69 Å². The average Bonchev–Trinajstić information content (AvgIpc) is 2.35. The molecule has 2 nitrogen and oxygen atoms in total. The van der Waals surface area contributed by atoms with Crippen molar-refractivity contribution in [3.05, 3.63) is 57.0 Å². The maximum atomic E-state index is 9.18. The Labute approximate surface area is 120 Å². The zero-order chi connectivity index (χ0) is 13.1. The fraction of sp³-hybridized carbons (Fsp3) is 0.0769. The zero-order valence-corrected chi connectivity index (χ0v) is 11.5. The van der Waals surface area contributed by atoms with Gasteiger partial charge in [-0.15, -0.1) is 0 Å². The molecule has 5 heteroatoms. The van der Waals surface area contributed by atoms with Gasteiger partial charge >= 0.3 is 0 Å². The average molecular weight is 303 g/mol. The number of hydrogen-bond donors (Lipinski definition) is 2. The van der Waals surface area contributed by atoms with E-state index in [-0.39, 0.29) is 5.75 Å². The van der Waals surface area contributed by atoms with Crippen molar-refractivity contribution in [3.8, 4) is 5.75 Å². The minimum absolute atomic E-state index is 0.247. The van der Waals surface area contributed by atoms with E-state index in [2.05, 4.69) is 5.32 Å². The minimum atomic E-state index is 0.247. The van der Waals surface area contributed by atoms with Crippen LogP contribution in [0.3, 0.4) is 0 Å². The Morgan fingerprint density at radius 3 is 2.06 bits per heavy atom. The molecule has 18 heavy (non-hydrogen) atoms. The van der Waals surface area contributed by atoms with E-state index < -0.39 is 0 Å². The Bertz CT molecular complexity index is 532. The smallest absolute Gasteiger partial charge is 0.115 e. The van der Waals surface area contributed by atoms with Gasteiger partial charge in [-0.3, -0.25) is 0 Å². The van der Waals surface area contributed by atoms with E-state index >= 15 is 0 Å². The summed E-state index contributed by atoms with van der Waals surface area (Å²) < 4.78 is 0. The number of phenolic OH excluding ortho intramolecular Hbond substituents is 1. The third-order valence-corrected chi connectivity index (χ3v) is 3.61. The molecule has 0 unspecified atom stereocenters. The fourth-order valence-electron chi connectivity index (χ4n) is 1.48. The largest absolute Gasteiger partial charge is 0.508 e. The van der Waals surface area contributed by atoms with Crippen molar-refractivity contribution >= 4 is 40.5 Å². The highest BCUT2D eigenvalue weighted by Crippen LogP contribution is 2.33. The van der Waals surface area contributed by atoms with Crippen LogP contribution in [-0.2, 0) is 6.54 Å². The van der Waals surface area contributed by atoms with E-state index in [1.807, 2.05) is 12.1 Å². The molecule has 2 aromatic carbocycles. The van der Waals surface area contributed by atoms with Gasteiger partial charge in [-0.25, -0.2) is 0 Å². The molecule has 2 rings (SSSR count). The number of anilines is 1. The van der Waals surface area contributed by atoms with E-state index in [9.17, 15) is 5.11 Å². The number of benzene rings is 2. The second-order valence-electron chi connectivity index (χ2n) is 3.77. The lowest BCUT2D eigenvalue weighted by atomic mass is 10.2. The van der Waals surface area contributed by atoms with Gasteiger partial charge in [0.2, 0.25) is 0 Å². The van der Waals surface area contributed by atoms with Gasteiger partial charge in [0.25, 0.3) is 0 Å². The second kappa shape index (κ2) is 5.70. The van der Waals surface area contributed by atoms with Crippen molar-refractivity contribution in [1.29, 1.82) is 0 Å². The zero-order valence-electron chi connectivity index (χ0n) is 9.25. The lowest BCUT2D eigenvalue weighted by Gasteiger charge is -2.09. The van der Waals surface area contributed by atoms with Crippen LogP contribution < -0.4 is 5.32 Å². The third-order valence-electron chi connectivity index (χ3n) is 2.42. The van der Waals surface area contributed by atoms with E-state index in [1.165, 1.54) is 0 Å². The van der Waals surface area contributed by atoms with Crippen LogP contribution in [0.1, 0.15) is 5.56 Å². The predicted molar refractivity (Wildman–Crippen MR) is 76.9 cm³/mol. The lowest BCUT2D eigenvalue weighted by Crippen LogP contribution is -1.99. The van der Waals surface area contributed by atoms with Gasteiger partial charge in [-0.1, -0.05) is 46.9 Å². The number of rotatable bonds is 3. The first kappa shape index (κ1) is 13.3. The van der Waals surface area contributed by atoms with Crippen molar-refractivity contribution in [2.45, 2.75) is 6.54 Å². The van der Waals surface area contributed by atoms with E-state index in [4.69, 9.17) is 34.8 Å². The molecule has 0 aliphatic rings. The summed E-state index contributed by atoms with van der Waals surface area (Å²) in [6.45, 7) is 0.606. The first-order chi connectivity index (χ1) is 8.56. The summed E-state index contributed by atoms with van der Waals surface area (Å²) in [7, 11) is 0. The molecule has 2 aromatic rings. The molecule has 0 spiro atoms. The summed E-state index contributed by atoms with van der Waals surface area (Å²) in [5, 5.41) is 13.5. The van der Waals surface area contributed by atoms with Crippen LogP contribution in [0.5, 0.6) is 5.75 Å². The van der Waals surface area contributed by atoms with Gasteiger partial charge in [-0.05, 0) is 29.8 Å². The maximum Gasteiger partial charge on any atom is 0.115 e. The number of hydrogen-bond acceptors (Lipinski definition) is 2. The van der Waals surface area contributed by atoms with Crippen LogP contribution in [0, 0.1) is 0 Å². The topological polar surface area (TPSA) is 32.3 Å². The molecule has 0 atom stereocenters. The normalized spacial score (nSPS) is 10.4. The molecule has 0 radical (unpaired) electrons. The molecule has 2 N–H and O–H groups in total. The highest BCUT2D eigenvalue weighted by Gasteiger charge is 2.05. The lowest BCUT2D eigenvalue weighted by molar-refractivity contribution is 0.475. The molecule has 0 aliphatic heterocycles. The van der Waals surface area contributed by atoms with Gasteiger partial charge in [0.05, 0.1) is 15.1 Å². The first-order valence-electron chi connectivity index (χ1n) is 5.22. The quantitative estimate of drug-likeness (QED) is 0.785. The third kappa shape index (κ3) is 3.22. The molecule has 0 amide bonds. The molecule has 0 saturated carbocycles. The molecule has 0 bridgehead atoms. The SMILES string of the molecule is Oc1ccc(CNc2cc(Cl)c(Cl)c(Cl)c2)cc1. The van der Waals surface area contributed by atoms with Gasteiger partial charge < -0.3 is 10.4 Å². The number of aromatic hydroxyl groups is 1. The predicted octanol–water partition coefficient (Wildman–Crippen LogP) is 4.96. The molecule has 0 heterocycles. The summed E-state index contributed by atoms with van der Waals surface area (Å²) in [5.74, 6) is 0.247. The van der Waals surface area contributed by atoms with Crippen LogP contribution >= 0.6 is 34.8 Å².